The molecular weight excluding hydrogens is 246 g/mol. The summed E-state index contributed by atoms with van der Waals surface area (Å²) in [6, 6.07) is 0. The highest BCUT2D eigenvalue weighted by Gasteiger charge is 2.17. The summed E-state index contributed by atoms with van der Waals surface area (Å²) in [5.74, 6) is 0.416. The van der Waals surface area contributed by atoms with E-state index in [-0.39, 0.29) is 6.61 Å². The number of aliphatic hydroxyl groups is 1. The zero-order valence-electron chi connectivity index (χ0n) is 12.1. The summed E-state index contributed by atoms with van der Waals surface area (Å²) >= 11 is 1.61. The highest BCUT2D eigenvalue weighted by Crippen LogP contribution is 2.31. The first-order valence-corrected chi connectivity index (χ1v) is 7.27. The summed E-state index contributed by atoms with van der Waals surface area (Å²) in [5, 5.41) is 10.4. The minimum atomic E-state index is 0.0961. The molecule has 1 atom stereocenters. The molecule has 4 nitrogen and oxygen atoms in total. The Morgan fingerprint density at radius 2 is 1.94 bits per heavy atom. The quantitative estimate of drug-likeness (QED) is 0.825. The third kappa shape index (κ3) is 3.93. The number of nitrogens with zero attached hydrogens (tertiary/aromatic N) is 3. The van der Waals surface area contributed by atoms with Crippen molar-refractivity contribution in [3.8, 4) is 0 Å². The molecule has 1 aromatic rings. The second-order valence-electron chi connectivity index (χ2n) is 5.00. The van der Waals surface area contributed by atoms with Crippen molar-refractivity contribution in [3.63, 3.8) is 0 Å². The van der Waals surface area contributed by atoms with Crippen LogP contribution in [0.2, 0.25) is 0 Å². The molecule has 5 heteroatoms. The third-order valence-corrected chi connectivity index (χ3v) is 4.32. The van der Waals surface area contributed by atoms with Crippen LogP contribution in [-0.2, 0) is 6.61 Å². The first-order valence-electron chi connectivity index (χ1n) is 6.45. The molecule has 0 aliphatic carbocycles. The van der Waals surface area contributed by atoms with Crippen molar-refractivity contribution in [3.05, 3.63) is 10.6 Å². The zero-order chi connectivity index (χ0) is 13.7. The Hall–Kier alpha value is -0.650. The first-order chi connectivity index (χ1) is 8.49. The summed E-state index contributed by atoms with van der Waals surface area (Å²) in [6.45, 7) is 6.37. The van der Waals surface area contributed by atoms with Gasteiger partial charge in [-0.2, -0.15) is 0 Å². The lowest BCUT2D eigenvalue weighted by atomic mass is 10.0. The second-order valence-corrected chi connectivity index (χ2v) is 6.06. The van der Waals surface area contributed by atoms with Gasteiger partial charge in [-0.05, 0) is 26.4 Å². The number of aromatic nitrogens is 1. The summed E-state index contributed by atoms with van der Waals surface area (Å²) in [5.41, 5.74) is 1.07. The van der Waals surface area contributed by atoms with Gasteiger partial charge in [0.15, 0.2) is 5.13 Å². The van der Waals surface area contributed by atoms with E-state index in [0.29, 0.717) is 5.92 Å². The molecule has 1 N–H and O–H groups in total. The molecule has 0 spiro atoms. The molecule has 0 saturated heterocycles. The smallest absolute Gasteiger partial charge is 0.185 e. The predicted octanol–water partition coefficient (Wildman–Crippen LogP) is 2.15. The largest absolute Gasteiger partial charge is 0.391 e. The number of hydrogen-bond donors (Lipinski definition) is 1. The lowest BCUT2D eigenvalue weighted by Gasteiger charge is -2.18. The van der Waals surface area contributed by atoms with E-state index in [4.69, 9.17) is 4.98 Å². The van der Waals surface area contributed by atoms with E-state index < -0.39 is 0 Å². The average molecular weight is 271 g/mol. The van der Waals surface area contributed by atoms with Crippen LogP contribution in [0.1, 0.15) is 36.8 Å². The molecular formula is C13H25N3OS. The van der Waals surface area contributed by atoms with Gasteiger partial charge in [-0.15, -0.1) is 0 Å². The molecule has 1 rings (SSSR count). The lowest BCUT2D eigenvalue weighted by Crippen LogP contribution is -2.28. The molecule has 0 bridgehead atoms. The van der Waals surface area contributed by atoms with Gasteiger partial charge in [0.05, 0.1) is 17.2 Å². The molecule has 0 radical (unpaired) electrons. The fourth-order valence-electron chi connectivity index (χ4n) is 1.65. The second kappa shape index (κ2) is 7.07. The fourth-order valence-corrected chi connectivity index (χ4v) is 2.68. The van der Waals surface area contributed by atoms with Gasteiger partial charge in [-0.3, -0.25) is 0 Å². The van der Waals surface area contributed by atoms with Crippen molar-refractivity contribution in [1.82, 2.24) is 9.88 Å². The van der Waals surface area contributed by atoms with E-state index in [0.717, 1.165) is 35.2 Å². The number of thiazole rings is 1. The van der Waals surface area contributed by atoms with Crippen LogP contribution in [0.25, 0.3) is 0 Å². The zero-order valence-corrected chi connectivity index (χ0v) is 12.9. The number of anilines is 1. The van der Waals surface area contributed by atoms with E-state index in [1.165, 1.54) is 0 Å². The van der Waals surface area contributed by atoms with E-state index in [2.05, 4.69) is 44.8 Å². The minimum Gasteiger partial charge on any atom is -0.391 e. The number of likely N-dealkylation sites (N-methyl/N-ethyl adjacent to an activating group) is 2. The lowest BCUT2D eigenvalue weighted by molar-refractivity contribution is 0.283. The van der Waals surface area contributed by atoms with Crippen LogP contribution in [0.5, 0.6) is 0 Å². The monoisotopic (exact) mass is 271 g/mol. The van der Waals surface area contributed by atoms with Gasteiger partial charge in [-0.25, -0.2) is 4.98 Å². The van der Waals surface area contributed by atoms with E-state index in [1.807, 2.05) is 0 Å². The van der Waals surface area contributed by atoms with Crippen molar-refractivity contribution in [1.29, 1.82) is 0 Å². The van der Waals surface area contributed by atoms with E-state index in [1.54, 1.807) is 11.3 Å². The molecule has 0 aliphatic heterocycles. The van der Waals surface area contributed by atoms with Crippen LogP contribution in [0.15, 0.2) is 0 Å². The number of aliphatic hydroxyl groups excluding tert-OH is 1. The van der Waals surface area contributed by atoms with Crippen molar-refractivity contribution >= 4 is 16.5 Å². The van der Waals surface area contributed by atoms with Crippen LogP contribution < -0.4 is 4.90 Å². The highest BCUT2D eigenvalue weighted by molar-refractivity contribution is 7.15. The minimum absolute atomic E-state index is 0.0961. The highest BCUT2D eigenvalue weighted by atomic mass is 32.1. The Bertz CT molecular complexity index is 365. The van der Waals surface area contributed by atoms with Gasteiger partial charge >= 0.3 is 0 Å². The van der Waals surface area contributed by atoms with Gasteiger partial charge in [0, 0.05) is 20.1 Å². The first kappa shape index (κ1) is 15.4. The summed E-state index contributed by atoms with van der Waals surface area (Å²) < 4.78 is 0. The maximum Gasteiger partial charge on any atom is 0.185 e. The molecule has 0 saturated carbocycles. The number of hydrogen-bond acceptors (Lipinski definition) is 5. The molecule has 0 aromatic carbocycles. The third-order valence-electron chi connectivity index (χ3n) is 3.15. The molecule has 18 heavy (non-hydrogen) atoms. The summed E-state index contributed by atoms with van der Waals surface area (Å²) in [7, 11) is 6.20. The van der Waals surface area contributed by atoms with Crippen LogP contribution >= 0.6 is 11.3 Å². The molecule has 104 valence electrons. The van der Waals surface area contributed by atoms with E-state index >= 15 is 0 Å². The van der Waals surface area contributed by atoms with E-state index in [9.17, 15) is 5.11 Å². The standard InChI is InChI=1S/C13H25N3OS/c1-6-10(2)12-11(9-17)18-13(14-12)16(5)8-7-15(3)4/h10,17H,6-9H2,1-5H3. The topological polar surface area (TPSA) is 39.6 Å². The predicted molar refractivity (Wildman–Crippen MR) is 78.6 cm³/mol. The van der Waals surface area contributed by atoms with Crippen LogP contribution in [0.3, 0.4) is 0 Å². The molecule has 0 fully saturated rings. The van der Waals surface area contributed by atoms with Crippen molar-refractivity contribution < 1.29 is 5.11 Å². The van der Waals surface area contributed by atoms with Gasteiger partial charge in [-0.1, -0.05) is 25.2 Å². The Balaban J connectivity index is 2.80. The van der Waals surface area contributed by atoms with Crippen LogP contribution in [0.4, 0.5) is 5.13 Å². The van der Waals surface area contributed by atoms with Crippen molar-refractivity contribution in [2.75, 3.05) is 39.1 Å². The summed E-state index contributed by atoms with van der Waals surface area (Å²) in [4.78, 5) is 10.0. The van der Waals surface area contributed by atoms with Crippen molar-refractivity contribution in [2.24, 2.45) is 0 Å². The fraction of sp³-hybridized carbons (Fsp3) is 0.769. The molecule has 1 heterocycles. The molecule has 0 amide bonds. The van der Waals surface area contributed by atoms with Crippen molar-refractivity contribution in [2.45, 2.75) is 32.8 Å². The SMILES string of the molecule is CCC(C)c1nc(N(C)CCN(C)C)sc1CO. The molecule has 0 aliphatic rings. The van der Waals surface area contributed by atoms with Crippen LogP contribution in [0, 0.1) is 0 Å². The van der Waals surface area contributed by atoms with Gasteiger partial charge in [0.25, 0.3) is 0 Å². The Morgan fingerprint density at radius 3 is 2.44 bits per heavy atom. The Labute approximate surface area is 114 Å². The Morgan fingerprint density at radius 1 is 1.28 bits per heavy atom. The number of rotatable bonds is 7. The van der Waals surface area contributed by atoms with Gasteiger partial charge in [0.1, 0.15) is 0 Å². The molecule has 1 unspecified atom stereocenters. The normalized spacial score (nSPS) is 13.1. The maximum atomic E-state index is 9.42. The summed E-state index contributed by atoms with van der Waals surface area (Å²) in [6.07, 6.45) is 1.05. The van der Waals surface area contributed by atoms with Gasteiger partial charge in [0.2, 0.25) is 0 Å². The average Bonchev–Trinajstić information content (AvgIpc) is 2.78. The Kier molecular flexibility index (Phi) is 6.05. The van der Waals surface area contributed by atoms with Crippen LogP contribution in [-0.4, -0.2) is 49.2 Å². The van der Waals surface area contributed by atoms with Gasteiger partial charge < -0.3 is 14.9 Å². The molecule has 1 aromatic heterocycles. The maximum absolute atomic E-state index is 9.42.